The second-order valence-corrected chi connectivity index (χ2v) is 6.65. The average molecular weight is 378 g/mol. The SMILES string of the molecule is CC(=O)Nc1nc(COC(=O)CCc2nc(-c3ccsc3)no2)cs1. The Morgan fingerprint density at radius 3 is 2.96 bits per heavy atom. The Bertz CT molecular complexity index is 857. The van der Waals surface area contributed by atoms with Crippen molar-refractivity contribution in [1.82, 2.24) is 15.1 Å². The third-order valence-electron chi connectivity index (χ3n) is 3.01. The second-order valence-electron chi connectivity index (χ2n) is 5.01. The van der Waals surface area contributed by atoms with Gasteiger partial charge in [0.15, 0.2) is 5.13 Å². The topological polar surface area (TPSA) is 107 Å². The van der Waals surface area contributed by atoms with Crippen molar-refractivity contribution in [3.63, 3.8) is 0 Å². The maximum Gasteiger partial charge on any atom is 0.306 e. The number of carbonyl (C=O) groups excluding carboxylic acids is 2. The highest BCUT2D eigenvalue weighted by atomic mass is 32.1. The molecule has 0 atom stereocenters. The Morgan fingerprint density at radius 1 is 1.32 bits per heavy atom. The number of nitrogens with zero attached hydrogens (tertiary/aromatic N) is 3. The molecule has 25 heavy (non-hydrogen) atoms. The van der Waals surface area contributed by atoms with Gasteiger partial charge in [0, 0.05) is 29.7 Å². The number of esters is 1. The number of carbonyl (C=O) groups is 2. The Hall–Kier alpha value is -2.59. The van der Waals surface area contributed by atoms with Crippen molar-refractivity contribution in [3.8, 4) is 11.4 Å². The summed E-state index contributed by atoms with van der Waals surface area (Å²) in [6.45, 7) is 1.46. The summed E-state index contributed by atoms with van der Waals surface area (Å²) >= 11 is 2.82. The number of ether oxygens (including phenoxy) is 1. The van der Waals surface area contributed by atoms with Crippen molar-refractivity contribution in [2.24, 2.45) is 0 Å². The molecule has 0 bridgehead atoms. The molecule has 0 aliphatic carbocycles. The fraction of sp³-hybridized carbons (Fsp3) is 0.267. The van der Waals surface area contributed by atoms with E-state index in [2.05, 4.69) is 20.4 Å². The summed E-state index contributed by atoms with van der Waals surface area (Å²) in [5.74, 6) is 0.320. The minimum Gasteiger partial charge on any atom is -0.459 e. The van der Waals surface area contributed by atoms with Crippen LogP contribution in [0.2, 0.25) is 0 Å². The van der Waals surface area contributed by atoms with Crippen LogP contribution in [0.5, 0.6) is 0 Å². The van der Waals surface area contributed by atoms with Gasteiger partial charge in [-0.2, -0.15) is 16.3 Å². The normalized spacial score (nSPS) is 10.6. The van der Waals surface area contributed by atoms with E-state index in [0.29, 0.717) is 29.0 Å². The smallest absolute Gasteiger partial charge is 0.306 e. The van der Waals surface area contributed by atoms with Gasteiger partial charge in [0.05, 0.1) is 12.1 Å². The van der Waals surface area contributed by atoms with E-state index in [9.17, 15) is 9.59 Å². The standard InChI is InChI=1S/C15H14N4O4S2/c1-9(20)16-15-17-11(8-25-15)6-22-13(21)3-2-12-18-14(19-23-12)10-4-5-24-7-10/h4-5,7-8H,2-3,6H2,1H3,(H,16,17,20). The molecule has 130 valence electrons. The van der Waals surface area contributed by atoms with Gasteiger partial charge in [0.1, 0.15) is 6.61 Å². The molecule has 3 aromatic heterocycles. The molecular formula is C15H14N4O4S2. The molecule has 3 aromatic rings. The quantitative estimate of drug-likeness (QED) is 0.630. The van der Waals surface area contributed by atoms with E-state index >= 15 is 0 Å². The molecule has 0 saturated heterocycles. The lowest BCUT2D eigenvalue weighted by Crippen LogP contribution is -2.07. The number of amides is 1. The molecule has 3 heterocycles. The van der Waals surface area contributed by atoms with Gasteiger partial charge in [-0.15, -0.1) is 11.3 Å². The zero-order valence-electron chi connectivity index (χ0n) is 13.2. The molecule has 0 unspecified atom stereocenters. The minimum atomic E-state index is -0.385. The number of thiophene rings is 1. The molecule has 0 aliphatic rings. The first-order valence-corrected chi connectivity index (χ1v) is 9.15. The third-order valence-corrected chi connectivity index (χ3v) is 4.50. The first-order valence-electron chi connectivity index (χ1n) is 7.33. The van der Waals surface area contributed by atoms with Crippen LogP contribution in [0, 0.1) is 0 Å². The Morgan fingerprint density at radius 2 is 2.20 bits per heavy atom. The van der Waals surface area contributed by atoms with Crippen molar-refractivity contribution < 1.29 is 18.8 Å². The molecule has 0 saturated carbocycles. The minimum absolute atomic E-state index is 0.0545. The van der Waals surface area contributed by atoms with Crippen LogP contribution in [-0.2, 0) is 27.4 Å². The van der Waals surface area contributed by atoms with Crippen molar-refractivity contribution in [1.29, 1.82) is 0 Å². The van der Waals surface area contributed by atoms with Crippen LogP contribution in [0.3, 0.4) is 0 Å². The van der Waals surface area contributed by atoms with Gasteiger partial charge in [-0.3, -0.25) is 9.59 Å². The van der Waals surface area contributed by atoms with Crippen LogP contribution in [0.15, 0.2) is 26.7 Å². The predicted molar refractivity (Wildman–Crippen MR) is 92.1 cm³/mol. The van der Waals surface area contributed by atoms with Gasteiger partial charge < -0.3 is 14.6 Å². The largest absolute Gasteiger partial charge is 0.459 e. The Kier molecular flexibility index (Phi) is 5.51. The van der Waals surface area contributed by atoms with Crippen molar-refractivity contribution in [2.45, 2.75) is 26.4 Å². The summed E-state index contributed by atoms with van der Waals surface area (Å²) in [5, 5.41) is 12.5. The second kappa shape index (κ2) is 7.99. The molecular weight excluding hydrogens is 364 g/mol. The number of hydrogen-bond acceptors (Lipinski definition) is 9. The van der Waals surface area contributed by atoms with Gasteiger partial charge >= 0.3 is 5.97 Å². The fourth-order valence-corrected chi connectivity index (χ4v) is 3.26. The number of hydrogen-bond donors (Lipinski definition) is 1. The molecule has 1 N–H and O–H groups in total. The van der Waals surface area contributed by atoms with E-state index in [1.807, 2.05) is 16.8 Å². The van der Waals surface area contributed by atoms with Crippen LogP contribution >= 0.6 is 22.7 Å². The van der Waals surface area contributed by atoms with Crippen LogP contribution in [0.4, 0.5) is 5.13 Å². The Balaban J connectivity index is 1.44. The van der Waals surface area contributed by atoms with Crippen LogP contribution < -0.4 is 5.32 Å². The van der Waals surface area contributed by atoms with Gasteiger partial charge in [-0.1, -0.05) is 5.16 Å². The molecule has 3 rings (SSSR count). The van der Waals surface area contributed by atoms with E-state index in [0.717, 1.165) is 5.56 Å². The van der Waals surface area contributed by atoms with E-state index < -0.39 is 0 Å². The summed E-state index contributed by atoms with van der Waals surface area (Å²) in [7, 11) is 0. The molecule has 1 amide bonds. The van der Waals surface area contributed by atoms with Gasteiger partial charge in [0.2, 0.25) is 17.6 Å². The van der Waals surface area contributed by atoms with E-state index in [1.54, 1.807) is 16.7 Å². The molecule has 0 fully saturated rings. The van der Waals surface area contributed by atoms with Gasteiger partial charge in [-0.05, 0) is 11.4 Å². The number of rotatable bonds is 7. The number of anilines is 1. The highest BCUT2D eigenvalue weighted by Crippen LogP contribution is 2.19. The van der Waals surface area contributed by atoms with Crippen molar-refractivity contribution in [2.75, 3.05) is 5.32 Å². The summed E-state index contributed by atoms with van der Waals surface area (Å²) < 4.78 is 10.3. The summed E-state index contributed by atoms with van der Waals surface area (Å²) in [4.78, 5) is 31.1. The van der Waals surface area contributed by atoms with E-state index in [1.165, 1.54) is 18.3 Å². The van der Waals surface area contributed by atoms with Gasteiger partial charge in [-0.25, -0.2) is 4.98 Å². The molecule has 0 radical (unpaired) electrons. The molecule has 8 nitrogen and oxygen atoms in total. The van der Waals surface area contributed by atoms with E-state index in [4.69, 9.17) is 9.26 Å². The number of thiazole rings is 1. The van der Waals surface area contributed by atoms with E-state index in [-0.39, 0.29) is 24.9 Å². The van der Waals surface area contributed by atoms with Crippen LogP contribution in [0.1, 0.15) is 24.9 Å². The summed E-state index contributed by atoms with van der Waals surface area (Å²) in [6, 6.07) is 1.90. The highest BCUT2D eigenvalue weighted by molar-refractivity contribution is 7.13. The van der Waals surface area contributed by atoms with Gasteiger partial charge in [0.25, 0.3) is 0 Å². The lowest BCUT2D eigenvalue weighted by molar-refractivity contribution is -0.145. The maximum absolute atomic E-state index is 11.8. The first kappa shape index (κ1) is 17.2. The average Bonchev–Trinajstić information content (AvgIpc) is 3.31. The number of aryl methyl sites for hydroxylation is 1. The summed E-state index contributed by atoms with van der Waals surface area (Å²) in [5.41, 5.74) is 1.47. The van der Waals surface area contributed by atoms with Crippen LogP contribution in [-0.4, -0.2) is 27.0 Å². The highest BCUT2D eigenvalue weighted by Gasteiger charge is 2.12. The number of nitrogens with one attached hydrogen (secondary N) is 1. The zero-order chi connectivity index (χ0) is 17.6. The first-order chi connectivity index (χ1) is 12.1. The monoisotopic (exact) mass is 378 g/mol. The lowest BCUT2D eigenvalue weighted by Gasteiger charge is -2.01. The molecule has 10 heteroatoms. The molecule has 0 spiro atoms. The fourth-order valence-electron chi connectivity index (χ4n) is 1.88. The lowest BCUT2D eigenvalue weighted by atomic mass is 10.3. The zero-order valence-corrected chi connectivity index (χ0v) is 14.9. The Labute approximate surface area is 150 Å². The molecule has 0 aromatic carbocycles. The van der Waals surface area contributed by atoms with Crippen LogP contribution in [0.25, 0.3) is 11.4 Å². The number of aromatic nitrogens is 3. The van der Waals surface area contributed by atoms with Crippen molar-refractivity contribution in [3.05, 3.63) is 33.8 Å². The predicted octanol–water partition coefficient (Wildman–Crippen LogP) is 2.89. The third kappa shape index (κ3) is 4.94. The summed E-state index contributed by atoms with van der Waals surface area (Å²) in [6.07, 6.45) is 0.443. The van der Waals surface area contributed by atoms with Crippen molar-refractivity contribution >= 4 is 39.7 Å². The molecule has 0 aliphatic heterocycles. The maximum atomic E-state index is 11.8.